The number of benzene rings is 1. The van der Waals surface area contributed by atoms with Crippen LogP contribution in [0.25, 0.3) is 0 Å². The molecule has 2 aromatic rings. The predicted molar refractivity (Wildman–Crippen MR) is 73.6 cm³/mol. The summed E-state index contributed by atoms with van der Waals surface area (Å²) in [6, 6.07) is 7.95. The van der Waals surface area contributed by atoms with E-state index >= 15 is 0 Å². The summed E-state index contributed by atoms with van der Waals surface area (Å²) in [5.74, 6) is 1.09. The lowest BCUT2D eigenvalue weighted by Crippen LogP contribution is -1.97. The van der Waals surface area contributed by atoms with E-state index in [4.69, 9.17) is 21.1 Å². The zero-order valence-corrected chi connectivity index (χ0v) is 11.6. The maximum absolute atomic E-state index is 5.77. The van der Waals surface area contributed by atoms with Gasteiger partial charge in [-0.15, -0.1) is 11.6 Å². The summed E-state index contributed by atoms with van der Waals surface area (Å²) in [5.41, 5.74) is 2.77. The number of nitrogens with zero attached hydrogens (tertiary/aromatic N) is 2. The van der Waals surface area contributed by atoms with Crippen LogP contribution in [0.5, 0.6) is 11.8 Å². The van der Waals surface area contributed by atoms with Crippen molar-refractivity contribution in [1.82, 2.24) is 9.97 Å². The van der Waals surface area contributed by atoms with E-state index in [2.05, 4.69) is 9.97 Å². The van der Waals surface area contributed by atoms with Crippen molar-refractivity contribution in [2.75, 3.05) is 7.11 Å². The Morgan fingerprint density at radius 1 is 1.32 bits per heavy atom. The molecule has 0 radical (unpaired) electrons. The molecule has 1 aromatic heterocycles. The lowest BCUT2D eigenvalue weighted by molar-refractivity contribution is 0.184. The van der Waals surface area contributed by atoms with Crippen LogP contribution < -0.4 is 4.74 Å². The Morgan fingerprint density at radius 2 is 2.16 bits per heavy atom. The van der Waals surface area contributed by atoms with Gasteiger partial charge in [-0.2, -0.15) is 4.98 Å². The van der Waals surface area contributed by atoms with Crippen LogP contribution in [-0.2, 0) is 17.2 Å². The zero-order valence-electron chi connectivity index (χ0n) is 10.9. The quantitative estimate of drug-likeness (QED) is 0.786. The Hall–Kier alpha value is -1.65. The molecule has 19 heavy (non-hydrogen) atoms. The highest BCUT2D eigenvalue weighted by Crippen LogP contribution is 2.20. The summed E-state index contributed by atoms with van der Waals surface area (Å²) >= 11 is 5.77. The van der Waals surface area contributed by atoms with Crippen LogP contribution in [0, 0.1) is 6.92 Å². The molecule has 0 aliphatic heterocycles. The number of hydrogen-bond donors (Lipinski definition) is 0. The molecule has 4 nitrogen and oxygen atoms in total. The maximum Gasteiger partial charge on any atom is 0.322 e. The highest BCUT2D eigenvalue weighted by atomic mass is 35.5. The third-order valence-electron chi connectivity index (χ3n) is 2.62. The molecule has 2 rings (SSSR count). The first kappa shape index (κ1) is 13.8. The van der Waals surface area contributed by atoms with E-state index in [0.717, 1.165) is 16.8 Å². The maximum atomic E-state index is 5.77. The van der Waals surface area contributed by atoms with E-state index in [1.165, 1.54) is 0 Å². The van der Waals surface area contributed by atoms with Gasteiger partial charge in [0.15, 0.2) is 0 Å². The molecule has 5 heteroatoms. The van der Waals surface area contributed by atoms with Gasteiger partial charge in [-0.3, -0.25) is 0 Å². The van der Waals surface area contributed by atoms with E-state index in [1.807, 2.05) is 31.2 Å². The van der Waals surface area contributed by atoms with Crippen molar-refractivity contribution in [2.24, 2.45) is 0 Å². The van der Waals surface area contributed by atoms with E-state index in [1.54, 1.807) is 13.3 Å². The van der Waals surface area contributed by atoms with Crippen molar-refractivity contribution in [3.8, 4) is 11.8 Å². The lowest BCUT2D eigenvalue weighted by Gasteiger charge is -2.07. The molecule has 0 saturated heterocycles. The summed E-state index contributed by atoms with van der Waals surface area (Å²) in [7, 11) is 1.66. The van der Waals surface area contributed by atoms with Crippen LogP contribution >= 0.6 is 11.6 Å². The third-order valence-corrected chi connectivity index (χ3v) is 2.91. The minimum Gasteiger partial charge on any atom is -0.424 e. The molecule has 0 spiro atoms. The summed E-state index contributed by atoms with van der Waals surface area (Å²) in [5, 5.41) is 0. The smallest absolute Gasteiger partial charge is 0.322 e. The molecule has 0 saturated carbocycles. The predicted octanol–water partition coefficient (Wildman–Crippen LogP) is 3.46. The highest BCUT2D eigenvalue weighted by Gasteiger charge is 2.05. The van der Waals surface area contributed by atoms with Crippen LogP contribution in [0.3, 0.4) is 0 Å². The number of alkyl halides is 1. The molecule has 0 N–H and O–H groups in total. The fourth-order valence-electron chi connectivity index (χ4n) is 1.62. The highest BCUT2D eigenvalue weighted by molar-refractivity contribution is 6.17. The summed E-state index contributed by atoms with van der Waals surface area (Å²) in [6.45, 7) is 2.43. The largest absolute Gasteiger partial charge is 0.424 e. The molecule has 100 valence electrons. The zero-order chi connectivity index (χ0) is 13.7. The van der Waals surface area contributed by atoms with Gasteiger partial charge in [-0.05, 0) is 24.6 Å². The molecular weight excluding hydrogens is 264 g/mol. The molecule has 0 unspecified atom stereocenters. The molecule has 1 aromatic carbocycles. The number of methoxy groups -OCH3 is 1. The van der Waals surface area contributed by atoms with Crippen molar-refractivity contribution in [3.05, 3.63) is 47.3 Å². The standard InChI is InChI=1S/C14H15ClN2O2/c1-10-12(7-15)8-16-14(17-10)19-13-5-3-4-11(6-13)9-18-2/h3-6,8H,7,9H2,1-2H3. The molecule has 0 atom stereocenters. The van der Waals surface area contributed by atoms with Crippen LogP contribution in [0.1, 0.15) is 16.8 Å². The van der Waals surface area contributed by atoms with Crippen LogP contribution in [0.2, 0.25) is 0 Å². The summed E-state index contributed by atoms with van der Waals surface area (Å²) in [4.78, 5) is 8.40. The van der Waals surface area contributed by atoms with Gasteiger partial charge < -0.3 is 9.47 Å². The Bertz CT molecular complexity index is 561. The molecular formula is C14H15ClN2O2. The lowest BCUT2D eigenvalue weighted by atomic mass is 10.2. The van der Waals surface area contributed by atoms with Gasteiger partial charge >= 0.3 is 6.01 Å². The molecule has 0 amide bonds. The van der Waals surface area contributed by atoms with Gasteiger partial charge in [0.2, 0.25) is 0 Å². The second-order valence-corrected chi connectivity index (χ2v) is 4.35. The number of rotatable bonds is 5. The number of aryl methyl sites for hydroxylation is 1. The number of halogens is 1. The van der Waals surface area contributed by atoms with Gasteiger partial charge in [-0.1, -0.05) is 12.1 Å². The number of aromatic nitrogens is 2. The molecule has 0 aliphatic carbocycles. The van der Waals surface area contributed by atoms with Crippen LogP contribution in [-0.4, -0.2) is 17.1 Å². The average molecular weight is 279 g/mol. The van der Waals surface area contributed by atoms with Crippen molar-refractivity contribution in [3.63, 3.8) is 0 Å². The topological polar surface area (TPSA) is 44.2 Å². The van der Waals surface area contributed by atoms with Gasteiger partial charge in [0, 0.05) is 24.6 Å². The van der Waals surface area contributed by atoms with Gasteiger partial charge in [0.25, 0.3) is 0 Å². The second kappa shape index (κ2) is 6.50. The van der Waals surface area contributed by atoms with Gasteiger partial charge in [-0.25, -0.2) is 4.98 Å². The first-order chi connectivity index (χ1) is 9.22. The molecule has 0 fully saturated rings. The SMILES string of the molecule is COCc1cccc(Oc2ncc(CCl)c(C)n2)c1. The van der Waals surface area contributed by atoms with E-state index in [0.29, 0.717) is 24.2 Å². The van der Waals surface area contributed by atoms with E-state index in [-0.39, 0.29) is 0 Å². The molecule has 0 aliphatic rings. The van der Waals surface area contributed by atoms with E-state index < -0.39 is 0 Å². The number of hydrogen-bond acceptors (Lipinski definition) is 4. The van der Waals surface area contributed by atoms with Crippen molar-refractivity contribution in [1.29, 1.82) is 0 Å². The Kier molecular flexibility index (Phi) is 4.71. The Morgan fingerprint density at radius 3 is 2.84 bits per heavy atom. The van der Waals surface area contributed by atoms with E-state index in [9.17, 15) is 0 Å². The minimum absolute atomic E-state index is 0.320. The minimum atomic E-state index is 0.320. The first-order valence-corrected chi connectivity index (χ1v) is 6.40. The Balaban J connectivity index is 2.16. The normalized spacial score (nSPS) is 10.5. The van der Waals surface area contributed by atoms with Crippen molar-refractivity contribution in [2.45, 2.75) is 19.4 Å². The van der Waals surface area contributed by atoms with Crippen molar-refractivity contribution >= 4 is 11.6 Å². The summed E-state index contributed by atoms with van der Waals surface area (Å²) < 4.78 is 10.7. The first-order valence-electron chi connectivity index (χ1n) is 5.87. The van der Waals surface area contributed by atoms with Gasteiger partial charge in [0.05, 0.1) is 12.5 Å². The second-order valence-electron chi connectivity index (χ2n) is 4.08. The number of ether oxygens (including phenoxy) is 2. The Labute approximate surface area is 117 Å². The third kappa shape index (κ3) is 3.66. The van der Waals surface area contributed by atoms with Crippen LogP contribution in [0.15, 0.2) is 30.5 Å². The monoisotopic (exact) mass is 278 g/mol. The average Bonchev–Trinajstić information content (AvgIpc) is 2.40. The van der Waals surface area contributed by atoms with Gasteiger partial charge in [0.1, 0.15) is 5.75 Å². The van der Waals surface area contributed by atoms with Crippen molar-refractivity contribution < 1.29 is 9.47 Å². The molecule has 1 heterocycles. The molecule has 0 bridgehead atoms. The fraction of sp³-hybridized carbons (Fsp3) is 0.286. The summed E-state index contributed by atoms with van der Waals surface area (Å²) in [6.07, 6.45) is 1.68. The fourth-order valence-corrected chi connectivity index (χ4v) is 1.88. The van der Waals surface area contributed by atoms with Crippen LogP contribution in [0.4, 0.5) is 0 Å².